The van der Waals surface area contributed by atoms with Gasteiger partial charge in [0.2, 0.25) is 10.0 Å². The molecule has 2 rings (SSSR count). The van der Waals surface area contributed by atoms with Crippen LogP contribution in [0.5, 0.6) is 5.75 Å². The molecule has 2 aromatic rings. The summed E-state index contributed by atoms with van der Waals surface area (Å²) in [6.45, 7) is 2.03. The van der Waals surface area contributed by atoms with Crippen molar-refractivity contribution in [3.8, 4) is 5.75 Å². The van der Waals surface area contributed by atoms with E-state index < -0.39 is 10.0 Å². The highest BCUT2D eigenvalue weighted by molar-refractivity contribution is 7.89. The number of sulfonamides is 1. The predicted octanol–water partition coefficient (Wildman–Crippen LogP) is 4.04. The van der Waals surface area contributed by atoms with E-state index in [2.05, 4.69) is 4.72 Å². The molecule has 0 bridgehead atoms. The number of ether oxygens (including phenoxy) is 1. The summed E-state index contributed by atoms with van der Waals surface area (Å²) >= 11 is 11.9. The number of methoxy groups -OCH3 is 1. The molecular weight excluding hydrogens is 357 g/mol. The van der Waals surface area contributed by atoms with E-state index in [1.165, 1.54) is 6.07 Å². The Labute approximate surface area is 146 Å². The Hall–Kier alpha value is -1.27. The standard InChI is InChI=1S/C16H17Cl2NO3S/c1-3-11-8-14(6-7-16(11)22-2)23(20,21)19-10-12-4-5-13(17)9-15(12)18/h4-9,19H,3,10H2,1-2H3. The summed E-state index contributed by atoms with van der Waals surface area (Å²) < 4.78 is 32.6. The first-order valence-corrected chi connectivity index (χ1v) is 9.21. The van der Waals surface area contributed by atoms with Gasteiger partial charge in [-0.15, -0.1) is 0 Å². The van der Waals surface area contributed by atoms with Gasteiger partial charge in [-0.25, -0.2) is 13.1 Å². The molecule has 124 valence electrons. The van der Waals surface area contributed by atoms with E-state index >= 15 is 0 Å². The third-order valence-electron chi connectivity index (χ3n) is 3.41. The number of rotatable bonds is 6. The lowest BCUT2D eigenvalue weighted by molar-refractivity contribution is 0.409. The minimum atomic E-state index is -3.64. The van der Waals surface area contributed by atoms with Crippen LogP contribution in [-0.4, -0.2) is 15.5 Å². The molecule has 0 aromatic heterocycles. The zero-order chi connectivity index (χ0) is 17.0. The summed E-state index contributed by atoms with van der Waals surface area (Å²) in [6, 6.07) is 9.73. The van der Waals surface area contributed by atoms with Crippen LogP contribution in [0.25, 0.3) is 0 Å². The third-order valence-corrected chi connectivity index (χ3v) is 5.40. The van der Waals surface area contributed by atoms with Gasteiger partial charge in [0.1, 0.15) is 5.75 Å². The summed E-state index contributed by atoms with van der Waals surface area (Å²) in [6.07, 6.45) is 0.676. The zero-order valence-corrected chi connectivity index (χ0v) is 15.1. The average Bonchev–Trinajstić information content (AvgIpc) is 2.53. The largest absolute Gasteiger partial charge is 0.496 e. The molecule has 0 fully saturated rings. The monoisotopic (exact) mass is 373 g/mol. The second-order valence-electron chi connectivity index (χ2n) is 4.89. The van der Waals surface area contributed by atoms with Gasteiger partial charge in [0.15, 0.2) is 0 Å². The van der Waals surface area contributed by atoms with Crippen molar-refractivity contribution in [3.05, 3.63) is 57.6 Å². The van der Waals surface area contributed by atoms with Crippen molar-refractivity contribution in [3.63, 3.8) is 0 Å². The van der Waals surface area contributed by atoms with Gasteiger partial charge in [0.05, 0.1) is 12.0 Å². The molecule has 0 atom stereocenters. The first-order valence-electron chi connectivity index (χ1n) is 6.98. The van der Waals surface area contributed by atoms with Crippen LogP contribution in [0.2, 0.25) is 10.0 Å². The molecule has 0 aliphatic carbocycles. The van der Waals surface area contributed by atoms with Gasteiger partial charge in [0.25, 0.3) is 0 Å². The number of halogens is 2. The Morgan fingerprint density at radius 3 is 2.43 bits per heavy atom. The molecule has 4 nitrogen and oxygen atoms in total. The van der Waals surface area contributed by atoms with Gasteiger partial charge < -0.3 is 4.74 Å². The van der Waals surface area contributed by atoms with Gasteiger partial charge in [-0.05, 0) is 47.9 Å². The Balaban J connectivity index is 2.22. The van der Waals surface area contributed by atoms with Crippen molar-refractivity contribution in [2.45, 2.75) is 24.8 Å². The molecule has 23 heavy (non-hydrogen) atoms. The van der Waals surface area contributed by atoms with E-state index in [1.54, 1.807) is 37.4 Å². The van der Waals surface area contributed by atoms with Crippen molar-refractivity contribution in [1.82, 2.24) is 4.72 Å². The van der Waals surface area contributed by atoms with E-state index in [0.29, 0.717) is 27.8 Å². The number of aryl methyl sites for hydroxylation is 1. The lowest BCUT2D eigenvalue weighted by atomic mass is 10.1. The smallest absolute Gasteiger partial charge is 0.240 e. The molecule has 0 unspecified atom stereocenters. The lowest BCUT2D eigenvalue weighted by Crippen LogP contribution is -2.23. The predicted molar refractivity (Wildman–Crippen MR) is 92.9 cm³/mol. The number of benzene rings is 2. The first-order chi connectivity index (χ1) is 10.9. The highest BCUT2D eigenvalue weighted by Crippen LogP contribution is 2.24. The molecule has 0 saturated heterocycles. The van der Waals surface area contributed by atoms with Crippen LogP contribution in [0.1, 0.15) is 18.1 Å². The zero-order valence-electron chi connectivity index (χ0n) is 12.8. The quantitative estimate of drug-likeness (QED) is 0.830. The van der Waals surface area contributed by atoms with E-state index in [0.717, 1.165) is 5.56 Å². The molecule has 0 saturated carbocycles. The van der Waals surface area contributed by atoms with Crippen LogP contribution in [0.4, 0.5) is 0 Å². The summed E-state index contributed by atoms with van der Waals surface area (Å²) in [4.78, 5) is 0.195. The molecule has 0 spiro atoms. The van der Waals surface area contributed by atoms with E-state index in [4.69, 9.17) is 27.9 Å². The third kappa shape index (κ3) is 4.38. The fourth-order valence-corrected chi connectivity index (χ4v) is 3.65. The van der Waals surface area contributed by atoms with Gasteiger partial charge in [0, 0.05) is 16.6 Å². The normalized spacial score (nSPS) is 11.5. The van der Waals surface area contributed by atoms with E-state index in [9.17, 15) is 8.42 Å². The van der Waals surface area contributed by atoms with Crippen molar-refractivity contribution >= 4 is 33.2 Å². The van der Waals surface area contributed by atoms with Gasteiger partial charge in [-0.3, -0.25) is 0 Å². The van der Waals surface area contributed by atoms with Gasteiger partial charge in [-0.2, -0.15) is 0 Å². The summed E-state index contributed by atoms with van der Waals surface area (Å²) in [5, 5.41) is 0.925. The summed E-state index contributed by atoms with van der Waals surface area (Å²) in [5.74, 6) is 0.673. The van der Waals surface area contributed by atoms with Crippen LogP contribution in [0.15, 0.2) is 41.3 Å². The maximum Gasteiger partial charge on any atom is 0.240 e. The summed E-state index contributed by atoms with van der Waals surface area (Å²) in [5.41, 5.74) is 1.49. The Bertz CT molecular complexity index is 807. The number of nitrogens with one attached hydrogen (secondary N) is 1. The molecule has 0 heterocycles. The molecule has 7 heteroatoms. The molecule has 0 amide bonds. The van der Waals surface area contributed by atoms with Crippen LogP contribution < -0.4 is 9.46 Å². The minimum Gasteiger partial charge on any atom is -0.496 e. The minimum absolute atomic E-state index is 0.0891. The van der Waals surface area contributed by atoms with E-state index in [1.807, 2.05) is 6.92 Å². The lowest BCUT2D eigenvalue weighted by Gasteiger charge is -2.11. The van der Waals surface area contributed by atoms with E-state index in [-0.39, 0.29) is 11.4 Å². The fourth-order valence-electron chi connectivity index (χ4n) is 2.12. The maximum atomic E-state index is 12.4. The van der Waals surface area contributed by atoms with Gasteiger partial charge in [-0.1, -0.05) is 36.2 Å². The second-order valence-corrected chi connectivity index (χ2v) is 7.50. The summed E-state index contributed by atoms with van der Waals surface area (Å²) in [7, 11) is -2.08. The second kappa shape index (κ2) is 7.53. The van der Waals surface area contributed by atoms with Gasteiger partial charge >= 0.3 is 0 Å². The van der Waals surface area contributed by atoms with Crippen LogP contribution in [0, 0.1) is 0 Å². The molecule has 0 radical (unpaired) electrons. The van der Waals surface area contributed by atoms with Crippen LogP contribution in [-0.2, 0) is 23.0 Å². The average molecular weight is 374 g/mol. The topological polar surface area (TPSA) is 55.4 Å². The van der Waals surface area contributed by atoms with Crippen molar-refractivity contribution in [2.75, 3.05) is 7.11 Å². The van der Waals surface area contributed by atoms with Crippen LogP contribution in [0.3, 0.4) is 0 Å². The number of hydrogen-bond acceptors (Lipinski definition) is 3. The van der Waals surface area contributed by atoms with Crippen molar-refractivity contribution in [1.29, 1.82) is 0 Å². The van der Waals surface area contributed by atoms with Crippen molar-refractivity contribution < 1.29 is 13.2 Å². The Morgan fingerprint density at radius 1 is 1.09 bits per heavy atom. The Morgan fingerprint density at radius 2 is 1.83 bits per heavy atom. The number of hydrogen-bond donors (Lipinski definition) is 1. The molecule has 1 N–H and O–H groups in total. The van der Waals surface area contributed by atoms with Crippen LogP contribution >= 0.6 is 23.2 Å². The Kier molecular flexibility index (Phi) is 5.92. The molecule has 2 aromatic carbocycles. The highest BCUT2D eigenvalue weighted by atomic mass is 35.5. The molecule has 0 aliphatic heterocycles. The molecular formula is C16H17Cl2NO3S. The highest BCUT2D eigenvalue weighted by Gasteiger charge is 2.16. The fraction of sp³-hybridized carbons (Fsp3) is 0.250. The van der Waals surface area contributed by atoms with Crippen molar-refractivity contribution in [2.24, 2.45) is 0 Å². The maximum absolute atomic E-state index is 12.4. The molecule has 0 aliphatic rings. The SMILES string of the molecule is CCc1cc(S(=O)(=O)NCc2ccc(Cl)cc2Cl)ccc1OC. The first kappa shape index (κ1) is 18.1.